The molecule has 54 valence electrons. The molecule has 0 aliphatic heterocycles. The number of carboxylic acid groups (broad SMARTS) is 1. The summed E-state index contributed by atoms with van der Waals surface area (Å²) in [7, 11) is 0. The Balaban J connectivity index is 0. The summed E-state index contributed by atoms with van der Waals surface area (Å²) in [6.07, 6.45) is 0.380. The van der Waals surface area contributed by atoms with E-state index in [-0.39, 0.29) is 57.2 Å². The van der Waals surface area contributed by atoms with Crippen LogP contribution in [0.25, 0.3) is 0 Å². The molecule has 1 atom stereocenters. The minimum atomic E-state index is -1.02. The Hall–Kier alpha value is 0.776. The van der Waals surface area contributed by atoms with Crippen molar-refractivity contribution < 1.29 is 14.7 Å². The zero-order valence-electron chi connectivity index (χ0n) is 5.55. The SMILES string of the molecule is CCC(C(C)=O)C(=O)O.[KH]. The molecule has 0 bridgehead atoms. The summed E-state index contributed by atoms with van der Waals surface area (Å²) in [5.41, 5.74) is 0. The molecule has 0 aromatic rings. The van der Waals surface area contributed by atoms with E-state index in [0.717, 1.165) is 0 Å². The Labute approximate surface area is 103 Å². The molecule has 1 N–H and O–H groups in total. The number of hydrogen-bond donors (Lipinski definition) is 1. The zero-order chi connectivity index (χ0) is 7.44. The van der Waals surface area contributed by atoms with Gasteiger partial charge in [0, 0.05) is 0 Å². The van der Waals surface area contributed by atoms with Gasteiger partial charge >= 0.3 is 57.4 Å². The molecule has 0 fully saturated rings. The van der Waals surface area contributed by atoms with Gasteiger partial charge in [0.2, 0.25) is 0 Å². The third-order valence-electron chi connectivity index (χ3n) is 1.20. The molecule has 0 heterocycles. The van der Waals surface area contributed by atoms with Gasteiger partial charge < -0.3 is 5.11 Å². The second kappa shape index (κ2) is 6.48. The predicted molar refractivity (Wildman–Crippen MR) is 39.2 cm³/mol. The van der Waals surface area contributed by atoms with Crippen molar-refractivity contribution in [2.75, 3.05) is 0 Å². The van der Waals surface area contributed by atoms with Gasteiger partial charge in [-0.05, 0) is 13.3 Å². The number of Topliss-reactive ketones (excluding diaryl/α,β-unsaturated/α-hetero) is 1. The molecule has 3 nitrogen and oxygen atoms in total. The second-order valence-corrected chi connectivity index (χ2v) is 1.91. The van der Waals surface area contributed by atoms with E-state index in [0.29, 0.717) is 6.42 Å². The van der Waals surface area contributed by atoms with Crippen LogP contribution in [0.5, 0.6) is 0 Å². The van der Waals surface area contributed by atoms with Crippen LogP contribution in [0.4, 0.5) is 0 Å². The molecule has 10 heavy (non-hydrogen) atoms. The first-order valence-corrected chi connectivity index (χ1v) is 2.82. The Morgan fingerprint density at radius 3 is 1.90 bits per heavy atom. The Morgan fingerprint density at radius 2 is 1.90 bits per heavy atom. The van der Waals surface area contributed by atoms with E-state index in [1.807, 2.05) is 0 Å². The number of ketones is 1. The number of rotatable bonds is 3. The van der Waals surface area contributed by atoms with Crippen molar-refractivity contribution in [1.82, 2.24) is 0 Å². The van der Waals surface area contributed by atoms with Gasteiger partial charge in [0.25, 0.3) is 0 Å². The first-order chi connectivity index (χ1) is 4.09. The van der Waals surface area contributed by atoms with Gasteiger partial charge in [-0.15, -0.1) is 0 Å². The van der Waals surface area contributed by atoms with Crippen LogP contribution in [0.15, 0.2) is 0 Å². The van der Waals surface area contributed by atoms with Crippen molar-refractivity contribution >= 4 is 63.1 Å². The van der Waals surface area contributed by atoms with Gasteiger partial charge in [-0.2, -0.15) is 0 Å². The van der Waals surface area contributed by atoms with Gasteiger partial charge in [-0.25, -0.2) is 0 Å². The Kier molecular flexibility index (Phi) is 8.67. The number of hydrogen-bond acceptors (Lipinski definition) is 2. The van der Waals surface area contributed by atoms with Crippen LogP contribution in [0.2, 0.25) is 0 Å². The molecule has 0 aliphatic carbocycles. The fraction of sp³-hybridized carbons (Fsp3) is 0.667. The summed E-state index contributed by atoms with van der Waals surface area (Å²) in [4.78, 5) is 20.6. The number of carbonyl (C=O) groups is 2. The number of aliphatic carboxylic acids is 1. The van der Waals surface area contributed by atoms with Gasteiger partial charge in [0.15, 0.2) is 0 Å². The maximum atomic E-state index is 10.4. The van der Waals surface area contributed by atoms with E-state index >= 15 is 0 Å². The average molecular weight is 170 g/mol. The Bertz CT molecular complexity index is 119. The summed E-state index contributed by atoms with van der Waals surface area (Å²) >= 11 is 0. The van der Waals surface area contributed by atoms with Crippen LogP contribution in [0.1, 0.15) is 20.3 Å². The molecular formula is C6H11KO3. The summed E-state index contributed by atoms with van der Waals surface area (Å²) in [6, 6.07) is 0. The quantitative estimate of drug-likeness (QED) is 0.480. The third-order valence-corrected chi connectivity index (χ3v) is 1.20. The first-order valence-electron chi connectivity index (χ1n) is 2.82. The van der Waals surface area contributed by atoms with Crippen LogP contribution < -0.4 is 0 Å². The third kappa shape index (κ3) is 4.57. The Morgan fingerprint density at radius 1 is 1.50 bits per heavy atom. The van der Waals surface area contributed by atoms with E-state index in [1.54, 1.807) is 6.92 Å². The number of carboxylic acids is 1. The molecular weight excluding hydrogens is 159 g/mol. The average Bonchev–Trinajstić information content (AvgIpc) is 1.64. The monoisotopic (exact) mass is 170 g/mol. The van der Waals surface area contributed by atoms with Crippen molar-refractivity contribution in [2.45, 2.75) is 20.3 Å². The predicted octanol–water partition coefficient (Wildman–Crippen LogP) is 0.0377. The molecule has 0 aromatic heterocycles. The van der Waals surface area contributed by atoms with Crippen molar-refractivity contribution in [1.29, 1.82) is 0 Å². The normalized spacial score (nSPS) is 11.4. The van der Waals surface area contributed by atoms with Crippen LogP contribution in [-0.4, -0.2) is 68.2 Å². The fourth-order valence-electron chi connectivity index (χ4n) is 0.636. The molecule has 0 radical (unpaired) electrons. The van der Waals surface area contributed by atoms with E-state index in [4.69, 9.17) is 5.11 Å². The van der Waals surface area contributed by atoms with Gasteiger partial charge in [0.05, 0.1) is 0 Å². The van der Waals surface area contributed by atoms with Crippen molar-refractivity contribution in [3.05, 3.63) is 0 Å². The molecule has 0 rings (SSSR count). The van der Waals surface area contributed by atoms with E-state index in [2.05, 4.69) is 0 Å². The van der Waals surface area contributed by atoms with Gasteiger partial charge in [-0.3, -0.25) is 9.59 Å². The van der Waals surface area contributed by atoms with Gasteiger partial charge in [-0.1, -0.05) is 6.92 Å². The van der Waals surface area contributed by atoms with Gasteiger partial charge in [0.1, 0.15) is 11.7 Å². The first kappa shape index (κ1) is 13.4. The van der Waals surface area contributed by atoms with Crippen LogP contribution in [0.3, 0.4) is 0 Å². The molecule has 0 saturated carbocycles. The summed E-state index contributed by atoms with van der Waals surface area (Å²) in [5.74, 6) is -2.10. The van der Waals surface area contributed by atoms with Crippen molar-refractivity contribution in [3.63, 3.8) is 0 Å². The zero-order valence-corrected chi connectivity index (χ0v) is 5.55. The summed E-state index contributed by atoms with van der Waals surface area (Å²) in [6.45, 7) is 2.97. The molecule has 1 unspecified atom stereocenters. The van der Waals surface area contributed by atoms with Crippen LogP contribution >= 0.6 is 0 Å². The molecule has 0 saturated heterocycles. The van der Waals surface area contributed by atoms with E-state index in [9.17, 15) is 9.59 Å². The maximum absolute atomic E-state index is 10.4. The summed E-state index contributed by atoms with van der Waals surface area (Å²) in [5, 5.41) is 8.32. The standard InChI is InChI=1S/C6H10O3.K.H/c1-3-5(4(2)7)6(8)9;;/h5H,3H2,1-2H3,(H,8,9);;. The second-order valence-electron chi connectivity index (χ2n) is 1.91. The molecule has 4 heteroatoms. The molecule has 0 aliphatic rings. The van der Waals surface area contributed by atoms with Crippen molar-refractivity contribution in [2.24, 2.45) is 5.92 Å². The molecule has 0 aromatic carbocycles. The number of carbonyl (C=O) groups excluding carboxylic acids is 1. The van der Waals surface area contributed by atoms with Crippen LogP contribution in [0, 0.1) is 5.92 Å². The summed E-state index contributed by atoms with van der Waals surface area (Å²) < 4.78 is 0. The fourth-order valence-corrected chi connectivity index (χ4v) is 0.636. The topological polar surface area (TPSA) is 54.4 Å². The van der Waals surface area contributed by atoms with Crippen LogP contribution in [-0.2, 0) is 9.59 Å². The van der Waals surface area contributed by atoms with E-state index in [1.165, 1.54) is 6.92 Å². The minimum absolute atomic E-state index is 0. The molecule has 0 spiro atoms. The van der Waals surface area contributed by atoms with Crippen molar-refractivity contribution in [3.8, 4) is 0 Å². The van der Waals surface area contributed by atoms with E-state index < -0.39 is 11.9 Å². The molecule has 0 amide bonds.